The summed E-state index contributed by atoms with van der Waals surface area (Å²) in [6, 6.07) is -0.0787. The summed E-state index contributed by atoms with van der Waals surface area (Å²) >= 11 is 0. The smallest absolute Gasteiger partial charge is 0.410 e. The van der Waals surface area contributed by atoms with E-state index in [9.17, 15) is 18.0 Å². The molecule has 1 atom stereocenters. The zero-order valence-corrected chi connectivity index (χ0v) is 15.4. The van der Waals surface area contributed by atoms with E-state index in [1.54, 1.807) is 25.7 Å². The Morgan fingerprint density at radius 1 is 1.32 bits per heavy atom. The maximum Gasteiger partial charge on any atom is 0.410 e. The summed E-state index contributed by atoms with van der Waals surface area (Å²) in [5.41, 5.74) is -0.564. The van der Waals surface area contributed by atoms with Crippen LogP contribution in [0, 0.1) is 0 Å². The van der Waals surface area contributed by atoms with Crippen LogP contribution in [0.25, 0.3) is 0 Å². The number of carbonyl (C=O) groups is 1. The van der Waals surface area contributed by atoms with Gasteiger partial charge in [0, 0.05) is 25.7 Å². The minimum atomic E-state index is -4.22. The standard InChI is InChI=1S/C16H29F3N4O2/c1-5-20-13(21-9-8-16(17,18)19)22-12-7-6-10-23(11-12)14(24)25-15(2,3)4/h12H,5-11H2,1-4H3,(H2,20,21,22). The Morgan fingerprint density at radius 3 is 2.56 bits per heavy atom. The van der Waals surface area contributed by atoms with Gasteiger partial charge >= 0.3 is 12.3 Å². The van der Waals surface area contributed by atoms with Crippen LogP contribution in [0.2, 0.25) is 0 Å². The summed E-state index contributed by atoms with van der Waals surface area (Å²) in [4.78, 5) is 17.7. The summed E-state index contributed by atoms with van der Waals surface area (Å²) in [5.74, 6) is 0.336. The van der Waals surface area contributed by atoms with Gasteiger partial charge in [0.2, 0.25) is 0 Å². The van der Waals surface area contributed by atoms with Crippen LogP contribution < -0.4 is 10.6 Å². The van der Waals surface area contributed by atoms with E-state index in [1.165, 1.54) is 0 Å². The second kappa shape index (κ2) is 9.15. The van der Waals surface area contributed by atoms with Gasteiger partial charge in [-0.1, -0.05) is 0 Å². The SMILES string of the molecule is CCNC(=NCCC(F)(F)F)NC1CCCN(C(=O)OC(C)(C)C)C1. The van der Waals surface area contributed by atoms with E-state index in [0.717, 1.165) is 12.8 Å². The minimum Gasteiger partial charge on any atom is -0.444 e. The number of hydrogen-bond donors (Lipinski definition) is 2. The van der Waals surface area contributed by atoms with Crippen LogP contribution >= 0.6 is 0 Å². The number of hydrogen-bond acceptors (Lipinski definition) is 3. The molecule has 1 aliphatic heterocycles. The molecule has 0 spiro atoms. The lowest BCUT2D eigenvalue weighted by Crippen LogP contribution is -2.53. The average Bonchev–Trinajstić information content (AvgIpc) is 2.44. The average molecular weight is 366 g/mol. The molecule has 1 unspecified atom stereocenters. The lowest BCUT2D eigenvalue weighted by molar-refractivity contribution is -0.132. The lowest BCUT2D eigenvalue weighted by Gasteiger charge is -2.35. The van der Waals surface area contributed by atoms with Gasteiger partial charge < -0.3 is 20.3 Å². The number of alkyl halides is 3. The van der Waals surface area contributed by atoms with Crippen LogP contribution in [0.15, 0.2) is 4.99 Å². The van der Waals surface area contributed by atoms with E-state index in [0.29, 0.717) is 25.6 Å². The fourth-order valence-electron chi connectivity index (χ4n) is 2.40. The van der Waals surface area contributed by atoms with Crippen LogP contribution in [0.4, 0.5) is 18.0 Å². The molecule has 146 valence electrons. The quantitative estimate of drug-likeness (QED) is 0.593. The number of guanidine groups is 1. The number of amides is 1. The molecule has 0 aromatic rings. The minimum absolute atomic E-state index is 0.0787. The first kappa shape index (κ1) is 21.4. The number of piperidine rings is 1. The monoisotopic (exact) mass is 366 g/mol. The van der Waals surface area contributed by atoms with Crippen molar-refractivity contribution in [3.63, 3.8) is 0 Å². The molecule has 1 fully saturated rings. The second-order valence-electron chi connectivity index (χ2n) is 7.04. The molecule has 0 bridgehead atoms. The van der Waals surface area contributed by atoms with Crippen LogP contribution in [-0.2, 0) is 4.74 Å². The Hall–Kier alpha value is -1.67. The highest BCUT2D eigenvalue weighted by Gasteiger charge is 2.28. The van der Waals surface area contributed by atoms with Gasteiger partial charge in [0.05, 0.1) is 13.0 Å². The van der Waals surface area contributed by atoms with E-state index < -0.39 is 18.2 Å². The van der Waals surface area contributed by atoms with Crippen molar-refractivity contribution in [2.24, 2.45) is 4.99 Å². The maximum atomic E-state index is 12.3. The molecule has 1 aliphatic rings. The van der Waals surface area contributed by atoms with Crippen molar-refractivity contribution in [1.29, 1.82) is 0 Å². The van der Waals surface area contributed by atoms with Crippen molar-refractivity contribution in [3.05, 3.63) is 0 Å². The molecule has 2 N–H and O–H groups in total. The van der Waals surface area contributed by atoms with Crippen LogP contribution in [0.1, 0.15) is 47.0 Å². The van der Waals surface area contributed by atoms with Crippen LogP contribution in [0.3, 0.4) is 0 Å². The molecule has 25 heavy (non-hydrogen) atoms. The molecule has 0 aromatic heterocycles. The Bertz CT molecular complexity index is 461. The highest BCUT2D eigenvalue weighted by Crippen LogP contribution is 2.19. The summed E-state index contributed by atoms with van der Waals surface area (Å²) in [5, 5.41) is 6.05. The molecule has 1 rings (SSSR count). The fraction of sp³-hybridized carbons (Fsp3) is 0.875. The van der Waals surface area contributed by atoms with Gasteiger partial charge in [-0.05, 0) is 40.5 Å². The first-order valence-corrected chi connectivity index (χ1v) is 8.59. The van der Waals surface area contributed by atoms with Crippen molar-refractivity contribution < 1.29 is 22.7 Å². The van der Waals surface area contributed by atoms with Crippen LogP contribution in [0.5, 0.6) is 0 Å². The molecular weight excluding hydrogens is 337 g/mol. The van der Waals surface area contributed by atoms with Gasteiger partial charge in [0.1, 0.15) is 5.60 Å². The van der Waals surface area contributed by atoms with Gasteiger partial charge in [-0.15, -0.1) is 0 Å². The summed E-state index contributed by atoms with van der Waals surface area (Å²) in [6.07, 6.45) is -3.96. The zero-order chi connectivity index (χ0) is 19.1. The Labute approximate surface area is 147 Å². The molecule has 9 heteroatoms. The van der Waals surface area contributed by atoms with Gasteiger partial charge in [-0.25, -0.2) is 4.79 Å². The third-order valence-electron chi connectivity index (χ3n) is 3.42. The second-order valence-corrected chi connectivity index (χ2v) is 7.04. The number of likely N-dealkylation sites (tertiary alicyclic amines) is 1. The van der Waals surface area contributed by atoms with E-state index in [1.807, 2.05) is 6.92 Å². The highest BCUT2D eigenvalue weighted by molar-refractivity contribution is 5.80. The number of ether oxygens (including phenoxy) is 1. The molecule has 6 nitrogen and oxygen atoms in total. The van der Waals surface area contributed by atoms with Gasteiger partial charge in [-0.3, -0.25) is 4.99 Å². The molecular formula is C16H29F3N4O2. The largest absolute Gasteiger partial charge is 0.444 e. The number of nitrogens with one attached hydrogen (secondary N) is 2. The summed E-state index contributed by atoms with van der Waals surface area (Å²) < 4.78 is 42.1. The predicted molar refractivity (Wildman–Crippen MR) is 90.6 cm³/mol. The summed E-state index contributed by atoms with van der Waals surface area (Å²) in [6.45, 7) is 8.51. The molecule has 1 saturated heterocycles. The van der Waals surface area contributed by atoms with Crippen molar-refractivity contribution in [1.82, 2.24) is 15.5 Å². The molecule has 0 saturated carbocycles. The van der Waals surface area contributed by atoms with Crippen molar-refractivity contribution >= 4 is 12.1 Å². The predicted octanol–water partition coefficient (Wildman–Crippen LogP) is 2.89. The Balaban J connectivity index is 2.59. The molecule has 0 aliphatic carbocycles. The topological polar surface area (TPSA) is 66.0 Å². The fourth-order valence-corrected chi connectivity index (χ4v) is 2.40. The van der Waals surface area contributed by atoms with Crippen molar-refractivity contribution in [3.8, 4) is 0 Å². The molecule has 0 aromatic carbocycles. The normalized spacial score (nSPS) is 19.6. The van der Waals surface area contributed by atoms with Gasteiger partial charge in [-0.2, -0.15) is 13.2 Å². The number of nitrogens with zero attached hydrogens (tertiary/aromatic N) is 2. The Morgan fingerprint density at radius 2 is 2.00 bits per heavy atom. The van der Waals surface area contributed by atoms with Crippen molar-refractivity contribution in [2.45, 2.75) is 64.8 Å². The number of rotatable bonds is 4. The molecule has 0 radical (unpaired) electrons. The molecule has 1 heterocycles. The first-order chi connectivity index (χ1) is 11.5. The van der Waals surface area contributed by atoms with Gasteiger partial charge in [0.25, 0.3) is 0 Å². The Kier molecular flexibility index (Phi) is 7.82. The highest BCUT2D eigenvalue weighted by atomic mass is 19.4. The van der Waals surface area contributed by atoms with Crippen molar-refractivity contribution in [2.75, 3.05) is 26.2 Å². The van der Waals surface area contributed by atoms with Gasteiger partial charge in [0.15, 0.2) is 5.96 Å². The van der Waals surface area contributed by atoms with E-state index in [-0.39, 0.29) is 18.7 Å². The summed E-state index contributed by atoms with van der Waals surface area (Å²) in [7, 11) is 0. The lowest BCUT2D eigenvalue weighted by atomic mass is 10.1. The van der Waals surface area contributed by atoms with E-state index in [2.05, 4.69) is 15.6 Å². The number of aliphatic imine (C=N–C) groups is 1. The third kappa shape index (κ3) is 9.40. The number of halogens is 3. The van der Waals surface area contributed by atoms with E-state index in [4.69, 9.17) is 4.74 Å². The van der Waals surface area contributed by atoms with E-state index >= 15 is 0 Å². The molecule has 1 amide bonds. The number of carbonyl (C=O) groups excluding carboxylic acids is 1. The van der Waals surface area contributed by atoms with Crippen LogP contribution in [-0.4, -0.2) is 61.0 Å². The first-order valence-electron chi connectivity index (χ1n) is 8.59. The third-order valence-corrected chi connectivity index (χ3v) is 3.42. The zero-order valence-electron chi connectivity index (χ0n) is 15.4. The maximum absolute atomic E-state index is 12.3.